The highest BCUT2D eigenvalue weighted by Crippen LogP contribution is 2.35. The molecular weight excluding hydrogens is 226 g/mol. The first-order valence-electron chi connectivity index (χ1n) is 6.65. The number of aryl methyl sites for hydroxylation is 1. The van der Waals surface area contributed by atoms with Gasteiger partial charge in [0.1, 0.15) is 0 Å². The summed E-state index contributed by atoms with van der Waals surface area (Å²) < 4.78 is 10.9. The minimum absolute atomic E-state index is 0.350. The van der Waals surface area contributed by atoms with Gasteiger partial charge in [0.25, 0.3) is 0 Å². The molecule has 1 unspecified atom stereocenters. The third kappa shape index (κ3) is 2.78. The molecule has 0 aliphatic carbocycles. The Balaban J connectivity index is 2.17. The van der Waals surface area contributed by atoms with Crippen LogP contribution in [0.25, 0.3) is 0 Å². The molecule has 0 bridgehead atoms. The molecule has 2 rings (SSSR count). The largest absolute Gasteiger partial charge is 0.454 e. The van der Waals surface area contributed by atoms with Crippen LogP contribution < -0.4 is 14.8 Å². The number of fused-ring (bicyclic) bond motifs is 1. The summed E-state index contributed by atoms with van der Waals surface area (Å²) in [5, 5.41) is 3.29. The van der Waals surface area contributed by atoms with Gasteiger partial charge in [-0.25, -0.2) is 0 Å². The second-order valence-corrected chi connectivity index (χ2v) is 5.40. The molecule has 0 saturated carbocycles. The maximum absolute atomic E-state index is 5.46. The Kier molecular flexibility index (Phi) is 4.12. The zero-order valence-electron chi connectivity index (χ0n) is 11.7. The average molecular weight is 249 g/mol. The van der Waals surface area contributed by atoms with Crippen LogP contribution in [0.1, 0.15) is 25.0 Å². The maximum atomic E-state index is 5.46. The summed E-state index contributed by atoms with van der Waals surface area (Å²) in [4.78, 5) is 0. The molecule has 1 heterocycles. The molecule has 0 saturated heterocycles. The quantitative estimate of drug-likeness (QED) is 0.870. The number of nitrogens with one attached hydrogen (secondary N) is 1. The van der Waals surface area contributed by atoms with Gasteiger partial charge in [-0.3, -0.25) is 0 Å². The van der Waals surface area contributed by atoms with Crippen molar-refractivity contribution in [1.82, 2.24) is 5.32 Å². The van der Waals surface area contributed by atoms with Crippen molar-refractivity contribution in [2.75, 3.05) is 20.4 Å². The summed E-state index contributed by atoms with van der Waals surface area (Å²) in [5.41, 5.74) is 2.66. The number of benzene rings is 1. The Morgan fingerprint density at radius 1 is 1.22 bits per heavy atom. The predicted octanol–water partition coefficient (Wildman–Crippen LogP) is 2.76. The maximum Gasteiger partial charge on any atom is 0.231 e. The summed E-state index contributed by atoms with van der Waals surface area (Å²) in [7, 11) is 2.02. The van der Waals surface area contributed by atoms with Crippen molar-refractivity contribution in [3.8, 4) is 11.5 Å². The molecule has 0 spiro atoms. The summed E-state index contributed by atoms with van der Waals surface area (Å²) in [6.07, 6.45) is 1.08. The van der Waals surface area contributed by atoms with Crippen molar-refractivity contribution < 1.29 is 9.47 Å². The van der Waals surface area contributed by atoms with Gasteiger partial charge in [0.15, 0.2) is 11.5 Å². The van der Waals surface area contributed by atoms with Gasteiger partial charge in [0.05, 0.1) is 0 Å². The first kappa shape index (κ1) is 13.2. The molecule has 1 aromatic rings. The van der Waals surface area contributed by atoms with Crippen LogP contribution in [0.15, 0.2) is 12.1 Å². The first-order valence-corrected chi connectivity index (χ1v) is 6.65. The molecule has 1 atom stereocenters. The zero-order valence-corrected chi connectivity index (χ0v) is 11.7. The molecule has 18 heavy (non-hydrogen) atoms. The number of hydrogen-bond acceptors (Lipinski definition) is 3. The van der Waals surface area contributed by atoms with Gasteiger partial charge in [-0.05, 0) is 62.0 Å². The molecule has 1 aliphatic heterocycles. The predicted molar refractivity (Wildman–Crippen MR) is 73.3 cm³/mol. The summed E-state index contributed by atoms with van der Waals surface area (Å²) in [6.45, 7) is 8.11. The molecule has 1 N–H and O–H groups in total. The van der Waals surface area contributed by atoms with Crippen LogP contribution >= 0.6 is 0 Å². The summed E-state index contributed by atoms with van der Waals surface area (Å²) in [6, 6.07) is 4.23. The molecule has 1 aromatic carbocycles. The molecule has 1 aliphatic rings. The molecular formula is C15H23NO2. The minimum atomic E-state index is 0.350. The van der Waals surface area contributed by atoms with E-state index in [4.69, 9.17) is 9.47 Å². The van der Waals surface area contributed by atoms with Crippen molar-refractivity contribution in [3.05, 3.63) is 23.3 Å². The van der Waals surface area contributed by atoms with E-state index in [2.05, 4.69) is 38.2 Å². The third-order valence-corrected chi connectivity index (χ3v) is 3.72. The molecule has 0 fully saturated rings. The second-order valence-electron chi connectivity index (χ2n) is 5.40. The SMILES string of the molecule is CNCC(Cc1cc2c(cc1C)OCO2)C(C)C. The van der Waals surface area contributed by atoms with Crippen LogP contribution in [-0.4, -0.2) is 20.4 Å². The van der Waals surface area contributed by atoms with Crippen molar-refractivity contribution in [2.45, 2.75) is 27.2 Å². The lowest BCUT2D eigenvalue weighted by Gasteiger charge is -2.21. The Bertz CT molecular complexity index is 415. The monoisotopic (exact) mass is 249 g/mol. The molecule has 0 radical (unpaired) electrons. The van der Waals surface area contributed by atoms with Crippen LogP contribution in [0.3, 0.4) is 0 Å². The van der Waals surface area contributed by atoms with Crippen LogP contribution in [0.5, 0.6) is 11.5 Å². The van der Waals surface area contributed by atoms with Crippen LogP contribution in [0.4, 0.5) is 0 Å². The van der Waals surface area contributed by atoms with E-state index in [0.29, 0.717) is 18.6 Å². The van der Waals surface area contributed by atoms with Crippen molar-refractivity contribution in [2.24, 2.45) is 11.8 Å². The standard InChI is InChI=1S/C15H23NO2/c1-10(2)13(8-16-4)6-12-7-15-14(5-11(12)3)17-9-18-15/h5,7,10,13,16H,6,8-9H2,1-4H3. The fourth-order valence-electron chi connectivity index (χ4n) is 2.39. The van der Waals surface area contributed by atoms with Crippen LogP contribution in [-0.2, 0) is 6.42 Å². The molecule has 0 aromatic heterocycles. The fourth-order valence-corrected chi connectivity index (χ4v) is 2.39. The first-order chi connectivity index (χ1) is 8.61. The van der Waals surface area contributed by atoms with Crippen molar-refractivity contribution in [3.63, 3.8) is 0 Å². The Morgan fingerprint density at radius 3 is 2.50 bits per heavy atom. The molecule has 3 heteroatoms. The van der Waals surface area contributed by atoms with Gasteiger partial charge < -0.3 is 14.8 Å². The van der Waals surface area contributed by atoms with E-state index in [1.165, 1.54) is 11.1 Å². The number of hydrogen-bond donors (Lipinski definition) is 1. The van der Waals surface area contributed by atoms with Gasteiger partial charge in [-0.2, -0.15) is 0 Å². The lowest BCUT2D eigenvalue weighted by molar-refractivity contribution is 0.174. The van der Waals surface area contributed by atoms with E-state index in [1.807, 2.05) is 7.05 Å². The Hall–Kier alpha value is -1.22. The Labute approximate surface area is 109 Å². The lowest BCUT2D eigenvalue weighted by Crippen LogP contribution is -2.25. The lowest BCUT2D eigenvalue weighted by atomic mass is 9.87. The molecule has 100 valence electrons. The van der Waals surface area contributed by atoms with Crippen LogP contribution in [0.2, 0.25) is 0 Å². The highest BCUT2D eigenvalue weighted by Gasteiger charge is 2.19. The fraction of sp³-hybridized carbons (Fsp3) is 0.600. The van der Waals surface area contributed by atoms with Crippen molar-refractivity contribution in [1.29, 1.82) is 0 Å². The van der Waals surface area contributed by atoms with E-state index in [0.717, 1.165) is 24.5 Å². The van der Waals surface area contributed by atoms with Gasteiger partial charge in [0, 0.05) is 0 Å². The smallest absolute Gasteiger partial charge is 0.231 e. The van der Waals surface area contributed by atoms with Crippen molar-refractivity contribution >= 4 is 0 Å². The highest BCUT2D eigenvalue weighted by atomic mass is 16.7. The molecule has 0 amide bonds. The highest BCUT2D eigenvalue weighted by molar-refractivity contribution is 5.48. The third-order valence-electron chi connectivity index (χ3n) is 3.72. The van der Waals surface area contributed by atoms with Gasteiger partial charge in [-0.15, -0.1) is 0 Å². The Morgan fingerprint density at radius 2 is 1.89 bits per heavy atom. The van der Waals surface area contributed by atoms with Gasteiger partial charge >= 0.3 is 0 Å². The van der Waals surface area contributed by atoms with E-state index in [1.54, 1.807) is 0 Å². The normalized spacial score (nSPS) is 15.2. The summed E-state index contributed by atoms with van der Waals surface area (Å²) >= 11 is 0. The number of rotatable bonds is 5. The topological polar surface area (TPSA) is 30.5 Å². The second kappa shape index (κ2) is 5.61. The number of ether oxygens (including phenoxy) is 2. The van der Waals surface area contributed by atoms with E-state index in [9.17, 15) is 0 Å². The van der Waals surface area contributed by atoms with E-state index < -0.39 is 0 Å². The van der Waals surface area contributed by atoms with Crippen LogP contribution in [0, 0.1) is 18.8 Å². The molecule has 3 nitrogen and oxygen atoms in total. The summed E-state index contributed by atoms with van der Waals surface area (Å²) in [5.74, 6) is 3.09. The van der Waals surface area contributed by atoms with E-state index in [-0.39, 0.29) is 0 Å². The minimum Gasteiger partial charge on any atom is -0.454 e. The van der Waals surface area contributed by atoms with E-state index >= 15 is 0 Å². The van der Waals surface area contributed by atoms with Gasteiger partial charge in [0.2, 0.25) is 6.79 Å². The zero-order chi connectivity index (χ0) is 13.1. The van der Waals surface area contributed by atoms with Gasteiger partial charge in [-0.1, -0.05) is 13.8 Å². The average Bonchev–Trinajstić information content (AvgIpc) is 2.75.